The number of piperidine rings is 1. The van der Waals surface area contributed by atoms with Crippen LogP contribution in [0.15, 0.2) is 47.5 Å². The number of amides is 1. The van der Waals surface area contributed by atoms with Crippen molar-refractivity contribution in [2.45, 2.75) is 38.9 Å². The third-order valence-electron chi connectivity index (χ3n) is 5.70. The first-order valence-electron chi connectivity index (χ1n) is 9.42. The quantitative estimate of drug-likeness (QED) is 0.907. The van der Waals surface area contributed by atoms with Gasteiger partial charge in [-0.2, -0.15) is 0 Å². The number of hydrogen-bond donors (Lipinski definition) is 1. The number of nitrogens with zero attached hydrogens (tertiary/aromatic N) is 2. The molecule has 0 aliphatic carbocycles. The van der Waals surface area contributed by atoms with Gasteiger partial charge in [0.2, 0.25) is 0 Å². The average molecular weight is 365 g/mol. The molecular weight excluding hydrogens is 341 g/mol. The van der Waals surface area contributed by atoms with Crippen LogP contribution in [-0.4, -0.2) is 35.3 Å². The van der Waals surface area contributed by atoms with Crippen molar-refractivity contribution >= 4 is 11.6 Å². The van der Waals surface area contributed by atoms with Crippen molar-refractivity contribution in [3.05, 3.63) is 70.5 Å². The van der Waals surface area contributed by atoms with Gasteiger partial charge in [0.1, 0.15) is 17.2 Å². The zero-order chi connectivity index (χ0) is 19.0. The van der Waals surface area contributed by atoms with E-state index in [2.05, 4.69) is 17.1 Å². The van der Waals surface area contributed by atoms with E-state index >= 15 is 0 Å². The molecule has 1 spiro atoms. The maximum absolute atomic E-state index is 13.9. The lowest BCUT2D eigenvalue weighted by Crippen LogP contribution is -2.50. The molecule has 2 heterocycles. The molecule has 2 aliphatic heterocycles. The average Bonchev–Trinajstić information content (AvgIpc) is 2.97. The second-order valence-electron chi connectivity index (χ2n) is 7.61. The molecule has 2 aromatic rings. The van der Waals surface area contributed by atoms with Gasteiger partial charge >= 0.3 is 0 Å². The van der Waals surface area contributed by atoms with Crippen LogP contribution < -0.4 is 5.32 Å². The summed E-state index contributed by atoms with van der Waals surface area (Å²) in [5, 5.41) is 3.10. The summed E-state index contributed by atoms with van der Waals surface area (Å²) >= 11 is 0. The molecule has 0 radical (unpaired) electrons. The molecule has 0 aromatic heterocycles. The Morgan fingerprint density at radius 2 is 1.85 bits per heavy atom. The van der Waals surface area contributed by atoms with Crippen LogP contribution in [0.5, 0.6) is 0 Å². The van der Waals surface area contributed by atoms with E-state index in [1.807, 2.05) is 37.3 Å². The summed E-state index contributed by atoms with van der Waals surface area (Å²) in [6, 6.07) is 12.9. The van der Waals surface area contributed by atoms with Gasteiger partial charge in [0, 0.05) is 43.6 Å². The van der Waals surface area contributed by atoms with Crippen molar-refractivity contribution in [2.75, 3.05) is 13.1 Å². The number of nitrogens with one attached hydrogen (secondary N) is 1. The van der Waals surface area contributed by atoms with Gasteiger partial charge in [-0.1, -0.05) is 30.3 Å². The fourth-order valence-electron chi connectivity index (χ4n) is 3.83. The lowest BCUT2D eigenvalue weighted by molar-refractivity contribution is -0.115. The molecule has 1 amide bonds. The fourth-order valence-corrected chi connectivity index (χ4v) is 3.83. The van der Waals surface area contributed by atoms with Crippen LogP contribution in [0.25, 0.3) is 0 Å². The minimum absolute atomic E-state index is 0.0965. The highest BCUT2D eigenvalue weighted by Gasteiger charge is 2.42. The van der Waals surface area contributed by atoms with E-state index < -0.39 is 5.66 Å². The van der Waals surface area contributed by atoms with Gasteiger partial charge in [-0.3, -0.25) is 14.7 Å². The SMILES string of the molecule is Cc1ccc(C2=NC3(CCN(Cc4ccccc4F)CC3)NC2=O)cc1C. The summed E-state index contributed by atoms with van der Waals surface area (Å²) in [4.78, 5) is 19.6. The van der Waals surface area contributed by atoms with Crippen LogP contribution in [0.4, 0.5) is 4.39 Å². The van der Waals surface area contributed by atoms with Gasteiger partial charge in [-0.25, -0.2) is 4.39 Å². The second-order valence-corrected chi connectivity index (χ2v) is 7.61. The molecule has 2 aromatic carbocycles. The predicted octanol–water partition coefficient (Wildman–Crippen LogP) is 3.35. The first-order valence-corrected chi connectivity index (χ1v) is 9.42. The van der Waals surface area contributed by atoms with Gasteiger partial charge in [-0.15, -0.1) is 0 Å². The highest BCUT2D eigenvalue weighted by Crippen LogP contribution is 2.30. The molecule has 0 saturated carbocycles. The Morgan fingerprint density at radius 1 is 1.11 bits per heavy atom. The molecule has 4 nitrogen and oxygen atoms in total. The summed E-state index contributed by atoms with van der Waals surface area (Å²) in [6.45, 7) is 6.24. The topological polar surface area (TPSA) is 44.7 Å². The monoisotopic (exact) mass is 365 g/mol. The maximum Gasteiger partial charge on any atom is 0.272 e. The van der Waals surface area contributed by atoms with Crippen LogP contribution in [-0.2, 0) is 11.3 Å². The second kappa shape index (κ2) is 6.89. The van der Waals surface area contributed by atoms with Crippen molar-refractivity contribution in [1.29, 1.82) is 0 Å². The standard InChI is InChI=1S/C22H24FN3O/c1-15-7-8-17(13-16(15)2)20-21(27)25-22(24-20)9-11-26(12-10-22)14-18-5-3-4-6-19(18)23/h3-8,13H,9-12,14H2,1-2H3,(H,25,27). The Hall–Kier alpha value is -2.53. The molecule has 0 unspecified atom stereocenters. The molecule has 1 fully saturated rings. The number of aryl methyl sites for hydroxylation is 2. The molecule has 5 heteroatoms. The summed E-state index contributed by atoms with van der Waals surface area (Å²) in [7, 11) is 0. The summed E-state index contributed by atoms with van der Waals surface area (Å²) in [6.07, 6.45) is 1.48. The van der Waals surface area contributed by atoms with Crippen molar-refractivity contribution in [3.63, 3.8) is 0 Å². The first-order chi connectivity index (χ1) is 13.0. The molecule has 1 N–H and O–H groups in total. The Labute approximate surface area is 159 Å². The fraction of sp³-hybridized carbons (Fsp3) is 0.364. The Bertz CT molecular complexity index is 914. The summed E-state index contributed by atoms with van der Waals surface area (Å²) in [5.74, 6) is -0.261. The van der Waals surface area contributed by atoms with Crippen LogP contribution in [0.3, 0.4) is 0 Å². The molecule has 1 saturated heterocycles. The van der Waals surface area contributed by atoms with Gasteiger partial charge in [0.05, 0.1) is 0 Å². The molecule has 0 bridgehead atoms. The number of carbonyl (C=O) groups excluding carboxylic acids is 1. The number of aliphatic imine (C=N–C) groups is 1. The Balaban J connectivity index is 1.48. The van der Waals surface area contributed by atoms with Crippen LogP contribution in [0.2, 0.25) is 0 Å². The zero-order valence-electron chi connectivity index (χ0n) is 15.8. The summed E-state index contributed by atoms with van der Waals surface area (Å²) < 4.78 is 13.9. The minimum Gasteiger partial charge on any atom is -0.326 e. The summed E-state index contributed by atoms with van der Waals surface area (Å²) in [5.41, 5.74) is 3.96. The van der Waals surface area contributed by atoms with Gasteiger partial charge < -0.3 is 5.32 Å². The van der Waals surface area contributed by atoms with Crippen LogP contribution in [0, 0.1) is 19.7 Å². The molecule has 140 valence electrons. The smallest absolute Gasteiger partial charge is 0.272 e. The number of carbonyl (C=O) groups is 1. The highest BCUT2D eigenvalue weighted by atomic mass is 19.1. The molecule has 27 heavy (non-hydrogen) atoms. The maximum atomic E-state index is 13.9. The number of hydrogen-bond acceptors (Lipinski definition) is 3. The van der Waals surface area contributed by atoms with E-state index in [9.17, 15) is 9.18 Å². The van der Waals surface area contributed by atoms with Crippen LogP contribution in [0.1, 0.15) is 35.1 Å². The van der Waals surface area contributed by atoms with Gasteiger partial charge in [0.25, 0.3) is 5.91 Å². The molecular formula is C22H24FN3O. The predicted molar refractivity (Wildman–Crippen MR) is 104 cm³/mol. The third-order valence-corrected chi connectivity index (χ3v) is 5.70. The largest absolute Gasteiger partial charge is 0.326 e. The highest BCUT2D eigenvalue weighted by molar-refractivity contribution is 6.46. The normalized spacial score (nSPS) is 19.2. The van der Waals surface area contributed by atoms with Crippen molar-refractivity contribution in [1.82, 2.24) is 10.2 Å². The number of halogens is 1. The zero-order valence-corrected chi connectivity index (χ0v) is 15.8. The molecule has 0 atom stereocenters. The lowest BCUT2D eigenvalue weighted by atomic mass is 9.97. The number of likely N-dealkylation sites (tertiary alicyclic amines) is 1. The minimum atomic E-state index is -0.517. The van der Waals surface area contributed by atoms with E-state index in [1.54, 1.807) is 6.07 Å². The molecule has 4 rings (SSSR count). The molecule has 2 aliphatic rings. The Kier molecular flexibility index (Phi) is 4.56. The van der Waals surface area contributed by atoms with Crippen molar-refractivity contribution < 1.29 is 9.18 Å². The Morgan fingerprint density at radius 3 is 2.56 bits per heavy atom. The van der Waals surface area contributed by atoms with E-state index in [-0.39, 0.29) is 11.7 Å². The van der Waals surface area contributed by atoms with Gasteiger partial charge in [-0.05, 0) is 37.1 Å². The van der Waals surface area contributed by atoms with Crippen molar-refractivity contribution in [3.8, 4) is 0 Å². The van der Waals surface area contributed by atoms with E-state index in [4.69, 9.17) is 4.99 Å². The van der Waals surface area contributed by atoms with Gasteiger partial charge in [0.15, 0.2) is 0 Å². The first kappa shape index (κ1) is 17.9. The van der Waals surface area contributed by atoms with Crippen LogP contribution >= 0.6 is 0 Å². The van der Waals surface area contributed by atoms with E-state index in [0.29, 0.717) is 17.8 Å². The van der Waals surface area contributed by atoms with E-state index in [0.717, 1.165) is 37.1 Å². The van der Waals surface area contributed by atoms with E-state index in [1.165, 1.54) is 11.6 Å². The van der Waals surface area contributed by atoms with Crippen molar-refractivity contribution in [2.24, 2.45) is 4.99 Å². The number of benzene rings is 2. The number of rotatable bonds is 3. The lowest BCUT2D eigenvalue weighted by Gasteiger charge is -2.37. The third kappa shape index (κ3) is 3.52.